The van der Waals surface area contributed by atoms with E-state index < -0.39 is 16.1 Å². The summed E-state index contributed by atoms with van der Waals surface area (Å²) in [6.07, 6.45) is 7.17. The van der Waals surface area contributed by atoms with Crippen molar-refractivity contribution in [1.82, 2.24) is 10.2 Å². The van der Waals surface area contributed by atoms with E-state index in [1.165, 1.54) is 17.0 Å². The second-order valence-corrected chi connectivity index (χ2v) is 14.2. The molecule has 1 atom stereocenters. The maximum Gasteiger partial charge on any atom is 0.243 e. The lowest BCUT2D eigenvalue weighted by Crippen LogP contribution is -2.52. The number of aryl methyl sites for hydroxylation is 1. The summed E-state index contributed by atoms with van der Waals surface area (Å²) in [6.45, 7) is 4.24. The number of rotatable bonds is 13. The Bertz CT molecular complexity index is 1510. The van der Waals surface area contributed by atoms with Gasteiger partial charge in [0.15, 0.2) is 0 Å². The third-order valence-corrected chi connectivity index (χ3v) is 9.92. The molecule has 0 saturated heterocycles. The number of carbonyl (C=O) groups excluding carboxylic acids is 2. The molecule has 0 spiro atoms. The number of benzene rings is 3. The molecule has 1 saturated carbocycles. The van der Waals surface area contributed by atoms with E-state index in [9.17, 15) is 18.0 Å². The maximum absolute atomic E-state index is 14.1. The van der Waals surface area contributed by atoms with Crippen molar-refractivity contribution in [2.75, 3.05) is 17.1 Å². The van der Waals surface area contributed by atoms with Crippen LogP contribution in [0, 0.1) is 13.8 Å². The fourth-order valence-electron chi connectivity index (χ4n) is 5.87. The van der Waals surface area contributed by atoms with E-state index in [1.54, 1.807) is 23.1 Å². The maximum atomic E-state index is 14.1. The van der Waals surface area contributed by atoms with Gasteiger partial charge in [0.2, 0.25) is 21.8 Å². The molecule has 0 bridgehead atoms. The second kappa shape index (κ2) is 15.6. The first kappa shape index (κ1) is 33.5. The predicted octanol–water partition coefficient (Wildman–Crippen LogP) is 6.59. The molecule has 1 aliphatic rings. The molecule has 1 aliphatic carbocycles. The molecule has 0 aromatic heterocycles. The minimum Gasteiger partial charge on any atom is -0.352 e. The Morgan fingerprint density at radius 3 is 2.25 bits per heavy atom. The molecule has 236 valence electrons. The third-order valence-electron chi connectivity index (χ3n) is 8.49. The first-order chi connectivity index (χ1) is 21.0. The number of carbonyl (C=O) groups is 2. The Morgan fingerprint density at radius 1 is 0.909 bits per heavy atom. The van der Waals surface area contributed by atoms with Crippen molar-refractivity contribution in [2.45, 2.75) is 83.8 Å². The summed E-state index contributed by atoms with van der Waals surface area (Å²) < 4.78 is 27.0. The number of hydrogen-bond donors (Lipinski definition) is 1. The molecule has 9 heteroatoms. The normalized spacial score (nSPS) is 14.5. The van der Waals surface area contributed by atoms with Crippen LogP contribution in [-0.4, -0.2) is 50.0 Å². The third kappa shape index (κ3) is 9.32. The Balaban J connectivity index is 1.60. The largest absolute Gasteiger partial charge is 0.352 e. The Hall–Kier alpha value is -3.36. The molecule has 0 aliphatic heterocycles. The number of amides is 2. The highest BCUT2D eigenvalue weighted by atomic mass is 35.5. The fraction of sp³-hybridized carbons (Fsp3) is 0.429. The quantitative estimate of drug-likeness (QED) is 0.229. The molecule has 1 unspecified atom stereocenters. The first-order valence-electron chi connectivity index (χ1n) is 15.4. The van der Waals surface area contributed by atoms with Gasteiger partial charge in [-0.2, -0.15) is 0 Å². The summed E-state index contributed by atoms with van der Waals surface area (Å²) in [6, 6.07) is 22.0. The van der Waals surface area contributed by atoms with Crippen LogP contribution in [0.2, 0.25) is 5.02 Å². The van der Waals surface area contributed by atoms with E-state index in [4.69, 9.17) is 11.6 Å². The minimum absolute atomic E-state index is 0.0898. The fourth-order valence-corrected chi connectivity index (χ4v) is 7.01. The zero-order valence-corrected chi connectivity index (χ0v) is 27.5. The van der Waals surface area contributed by atoms with Gasteiger partial charge in [-0.1, -0.05) is 85.5 Å². The molecule has 3 aromatic rings. The lowest BCUT2D eigenvalue weighted by molar-refractivity contribution is -0.141. The zero-order chi connectivity index (χ0) is 31.7. The van der Waals surface area contributed by atoms with Crippen LogP contribution in [0.1, 0.15) is 67.2 Å². The lowest BCUT2D eigenvalue weighted by Gasteiger charge is -2.34. The van der Waals surface area contributed by atoms with E-state index >= 15 is 0 Å². The number of nitrogens with zero attached hydrogens (tertiary/aromatic N) is 2. The van der Waals surface area contributed by atoms with Gasteiger partial charge < -0.3 is 10.2 Å². The number of sulfonamides is 1. The van der Waals surface area contributed by atoms with Crippen molar-refractivity contribution in [3.05, 3.63) is 100 Å². The second-order valence-electron chi connectivity index (χ2n) is 11.9. The van der Waals surface area contributed by atoms with Crippen molar-refractivity contribution in [2.24, 2.45) is 0 Å². The van der Waals surface area contributed by atoms with Crippen LogP contribution >= 0.6 is 11.6 Å². The standard InChI is InChI=1S/C35H44ClN3O4S/c1-26-12-10-17-32(27(26)2)39(44(3,42)43)23-11-18-34(40)38(25-29-19-21-30(36)22-20-29)33(24-28-13-6-4-7-14-28)35(41)37-31-15-8-5-9-16-31/h4,6-7,10,12-14,17,19-22,31,33H,5,8-9,11,15-16,18,23-25H2,1-3H3,(H,37,41). The van der Waals surface area contributed by atoms with Crippen LogP contribution in [0.15, 0.2) is 72.8 Å². The van der Waals surface area contributed by atoms with Gasteiger partial charge in [-0.15, -0.1) is 0 Å². The van der Waals surface area contributed by atoms with E-state index in [2.05, 4.69) is 5.32 Å². The topological polar surface area (TPSA) is 86.8 Å². The van der Waals surface area contributed by atoms with Crippen molar-refractivity contribution in [3.8, 4) is 0 Å². The van der Waals surface area contributed by atoms with Gasteiger partial charge in [0.05, 0.1) is 11.9 Å². The minimum atomic E-state index is -3.58. The summed E-state index contributed by atoms with van der Waals surface area (Å²) in [4.78, 5) is 29.7. The molecule has 1 fully saturated rings. The highest BCUT2D eigenvalue weighted by molar-refractivity contribution is 7.92. The highest BCUT2D eigenvalue weighted by Gasteiger charge is 2.32. The highest BCUT2D eigenvalue weighted by Crippen LogP contribution is 2.26. The van der Waals surface area contributed by atoms with Gasteiger partial charge in [0.1, 0.15) is 6.04 Å². The number of anilines is 1. The summed E-state index contributed by atoms with van der Waals surface area (Å²) in [5.74, 6) is -0.356. The molecule has 0 radical (unpaired) electrons. The van der Waals surface area contributed by atoms with E-state index in [1.807, 2.05) is 68.4 Å². The molecule has 7 nitrogen and oxygen atoms in total. The summed E-state index contributed by atoms with van der Waals surface area (Å²) in [7, 11) is -3.58. The van der Waals surface area contributed by atoms with E-state index in [0.29, 0.717) is 23.6 Å². The smallest absolute Gasteiger partial charge is 0.243 e. The zero-order valence-electron chi connectivity index (χ0n) is 26.0. The van der Waals surface area contributed by atoms with Crippen LogP contribution in [-0.2, 0) is 32.6 Å². The number of hydrogen-bond acceptors (Lipinski definition) is 4. The molecule has 1 N–H and O–H groups in total. The average molecular weight is 638 g/mol. The summed E-state index contributed by atoms with van der Waals surface area (Å²) in [5, 5.41) is 3.85. The molecule has 3 aromatic carbocycles. The van der Waals surface area contributed by atoms with Crippen LogP contribution < -0.4 is 9.62 Å². The monoisotopic (exact) mass is 637 g/mol. The van der Waals surface area contributed by atoms with E-state index in [-0.39, 0.29) is 37.4 Å². The molecule has 44 heavy (non-hydrogen) atoms. The Morgan fingerprint density at radius 2 is 1.59 bits per heavy atom. The van der Waals surface area contributed by atoms with Gasteiger partial charge in [-0.3, -0.25) is 13.9 Å². The SMILES string of the molecule is Cc1cccc(N(CCCC(=O)N(Cc2ccc(Cl)cc2)C(Cc2ccccc2)C(=O)NC2CCCCC2)S(C)(=O)=O)c1C. The average Bonchev–Trinajstić information content (AvgIpc) is 3.00. The summed E-state index contributed by atoms with van der Waals surface area (Å²) >= 11 is 6.15. The van der Waals surface area contributed by atoms with Crippen LogP contribution in [0.5, 0.6) is 0 Å². The van der Waals surface area contributed by atoms with Crippen LogP contribution in [0.25, 0.3) is 0 Å². The van der Waals surface area contributed by atoms with Gasteiger partial charge in [0.25, 0.3) is 0 Å². The van der Waals surface area contributed by atoms with Crippen LogP contribution in [0.3, 0.4) is 0 Å². The molecular formula is C35H44ClN3O4S. The van der Waals surface area contributed by atoms with Crippen molar-refractivity contribution < 1.29 is 18.0 Å². The lowest BCUT2D eigenvalue weighted by atomic mass is 9.94. The van der Waals surface area contributed by atoms with Gasteiger partial charge in [-0.25, -0.2) is 8.42 Å². The molecule has 0 heterocycles. The Labute approximate surface area is 267 Å². The Kier molecular flexibility index (Phi) is 11.9. The van der Waals surface area contributed by atoms with Crippen molar-refractivity contribution >= 4 is 39.1 Å². The van der Waals surface area contributed by atoms with E-state index in [0.717, 1.165) is 47.9 Å². The predicted molar refractivity (Wildman–Crippen MR) is 178 cm³/mol. The first-order valence-corrected chi connectivity index (χ1v) is 17.7. The van der Waals surface area contributed by atoms with Gasteiger partial charge >= 0.3 is 0 Å². The number of nitrogens with one attached hydrogen (secondary N) is 1. The van der Waals surface area contributed by atoms with Crippen molar-refractivity contribution in [1.29, 1.82) is 0 Å². The van der Waals surface area contributed by atoms with Gasteiger partial charge in [0, 0.05) is 37.0 Å². The molecule has 2 amide bonds. The number of halogens is 1. The van der Waals surface area contributed by atoms with Crippen LogP contribution in [0.4, 0.5) is 5.69 Å². The van der Waals surface area contributed by atoms with Gasteiger partial charge in [-0.05, 0) is 73.6 Å². The molecular weight excluding hydrogens is 594 g/mol. The summed E-state index contributed by atoms with van der Waals surface area (Å²) in [5.41, 5.74) is 4.32. The van der Waals surface area contributed by atoms with Crippen molar-refractivity contribution in [3.63, 3.8) is 0 Å². The molecule has 4 rings (SSSR count).